The monoisotopic (exact) mass is 240 g/mol. The summed E-state index contributed by atoms with van der Waals surface area (Å²) in [6, 6.07) is 0. The molecule has 0 nitrogen and oxygen atoms in total. The Morgan fingerprint density at radius 3 is 1.76 bits per heavy atom. The summed E-state index contributed by atoms with van der Waals surface area (Å²) in [6.07, 6.45) is 8.20. The van der Waals surface area contributed by atoms with E-state index >= 15 is 0 Å². The molecule has 0 heterocycles. The van der Waals surface area contributed by atoms with Crippen molar-refractivity contribution < 1.29 is 0 Å². The molecule has 0 heteroatoms. The molecule has 3 unspecified atom stereocenters. The molecule has 0 saturated carbocycles. The zero-order valence-corrected chi connectivity index (χ0v) is 13.5. The second-order valence-corrected chi connectivity index (χ2v) is 6.21. The lowest BCUT2D eigenvalue weighted by molar-refractivity contribution is 0.0691. The Morgan fingerprint density at radius 1 is 0.882 bits per heavy atom. The SMILES string of the molecule is CCCCC(CC)(CC)C(C)C(C)C(C)CC. The van der Waals surface area contributed by atoms with E-state index in [9.17, 15) is 0 Å². The smallest absolute Gasteiger partial charge is 0.0274 e. The fourth-order valence-corrected chi connectivity index (χ4v) is 3.43. The maximum absolute atomic E-state index is 2.51. The summed E-state index contributed by atoms with van der Waals surface area (Å²) in [5.41, 5.74) is 0.596. The zero-order valence-electron chi connectivity index (χ0n) is 13.5. The van der Waals surface area contributed by atoms with Crippen molar-refractivity contribution in [2.24, 2.45) is 23.2 Å². The minimum absolute atomic E-state index is 0.596. The number of unbranched alkanes of at least 4 members (excludes halogenated alkanes) is 1. The summed E-state index contributed by atoms with van der Waals surface area (Å²) < 4.78 is 0. The summed E-state index contributed by atoms with van der Waals surface area (Å²) in [7, 11) is 0. The lowest BCUT2D eigenvalue weighted by Crippen LogP contribution is -2.34. The predicted molar refractivity (Wildman–Crippen MR) is 80.3 cm³/mol. The Morgan fingerprint density at radius 2 is 1.41 bits per heavy atom. The number of hydrogen-bond donors (Lipinski definition) is 0. The summed E-state index contributed by atoms with van der Waals surface area (Å²) >= 11 is 0. The van der Waals surface area contributed by atoms with E-state index in [4.69, 9.17) is 0 Å². The Kier molecular flexibility index (Phi) is 8.16. The molecule has 0 spiro atoms. The fourth-order valence-electron chi connectivity index (χ4n) is 3.43. The first-order valence-corrected chi connectivity index (χ1v) is 7.98. The van der Waals surface area contributed by atoms with Gasteiger partial charge in [-0.25, -0.2) is 0 Å². The van der Waals surface area contributed by atoms with Gasteiger partial charge < -0.3 is 0 Å². The first-order chi connectivity index (χ1) is 7.98. The first-order valence-electron chi connectivity index (χ1n) is 7.98. The van der Waals surface area contributed by atoms with Crippen LogP contribution >= 0.6 is 0 Å². The molecule has 17 heavy (non-hydrogen) atoms. The van der Waals surface area contributed by atoms with Gasteiger partial charge in [0.05, 0.1) is 0 Å². The van der Waals surface area contributed by atoms with E-state index in [0.29, 0.717) is 5.41 Å². The molecule has 0 aliphatic heterocycles. The second-order valence-electron chi connectivity index (χ2n) is 6.21. The van der Waals surface area contributed by atoms with Crippen LogP contribution in [0.25, 0.3) is 0 Å². The van der Waals surface area contributed by atoms with Crippen molar-refractivity contribution in [3.63, 3.8) is 0 Å². The maximum Gasteiger partial charge on any atom is -0.0274 e. The van der Waals surface area contributed by atoms with Gasteiger partial charge in [0.1, 0.15) is 0 Å². The minimum atomic E-state index is 0.596. The van der Waals surface area contributed by atoms with Crippen molar-refractivity contribution in [2.75, 3.05) is 0 Å². The highest BCUT2D eigenvalue weighted by Crippen LogP contribution is 2.45. The third kappa shape index (κ3) is 4.30. The Balaban J connectivity index is 4.78. The van der Waals surface area contributed by atoms with E-state index in [1.807, 2.05) is 0 Å². The highest BCUT2D eigenvalue weighted by Gasteiger charge is 2.36. The van der Waals surface area contributed by atoms with Gasteiger partial charge in [-0.1, -0.05) is 80.6 Å². The van der Waals surface area contributed by atoms with Gasteiger partial charge in [-0.2, -0.15) is 0 Å². The normalized spacial score (nSPS) is 17.8. The molecule has 104 valence electrons. The van der Waals surface area contributed by atoms with Crippen molar-refractivity contribution >= 4 is 0 Å². The lowest BCUT2D eigenvalue weighted by Gasteiger charge is -2.43. The van der Waals surface area contributed by atoms with E-state index in [0.717, 1.165) is 17.8 Å². The molecule has 0 aliphatic carbocycles. The molecule has 0 aliphatic rings. The topological polar surface area (TPSA) is 0 Å². The van der Waals surface area contributed by atoms with Gasteiger partial charge >= 0.3 is 0 Å². The van der Waals surface area contributed by atoms with Gasteiger partial charge in [0.2, 0.25) is 0 Å². The fraction of sp³-hybridized carbons (Fsp3) is 1.00. The van der Waals surface area contributed by atoms with E-state index < -0.39 is 0 Å². The molecule has 0 N–H and O–H groups in total. The van der Waals surface area contributed by atoms with Crippen LogP contribution in [0.1, 0.15) is 87.0 Å². The van der Waals surface area contributed by atoms with Crippen LogP contribution in [-0.2, 0) is 0 Å². The average Bonchev–Trinajstić information content (AvgIpc) is 2.38. The van der Waals surface area contributed by atoms with Crippen LogP contribution in [0.15, 0.2) is 0 Å². The second kappa shape index (κ2) is 8.16. The van der Waals surface area contributed by atoms with Crippen molar-refractivity contribution in [1.82, 2.24) is 0 Å². The Labute approximate surface area is 111 Å². The predicted octanol–water partition coefficient (Wildman–Crippen LogP) is 6.30. The highest BCUT2D eigenvalue weighted by molar-refractivity contribution is 4.86. The number of hydrogen-bond acceptors (Lipinski definition) is 0. The molecule has 0 aromatic carbocycles. The summed E-state index contributed by atoms with van der Waals surface area (Å²) in [6.45, 7) is 16.9. The zero-order chi connectivity index (χ0) is 13.5. The molecule has 0 saturated heterocycles. The first kappa shape index (κ1) is 17.0. The lowest BCUT2D eigenvalue weighted by atomic mass is 9.62. The molecular weight excluding hydrogens is 204 g/mol. The maximum atomic E-state index is 2.51. The molecule has 0 amide bonds. The van der Waals surface area contributed by atoms with Crippen LogP contribution in [0, 0.1) is 23.2 Å². The van der Waals surface area contributed by atoms with Crippen molar-refractivity contribution in [2.45, 2.75) is 87.0 Å². The van der Waals surface area contributed by atoms with Crippen LogP contribution in [0.3, 0.4) is 0 Å². The van der Waals surface area contributed by atoms with Crippen molar-refractivity contribution in [3.05, 3.63) is 0 Å². The van der Waals surface area contributed by atoms with Crippen LogP contribution in [0.2, 0.25) is 0 Å². The Bertz CT molecular complexity index is 178. The average molecular weight is 240 g/mol. The van der Waals surface area contributed by atoms with Gasteiger partial charge in [0.25, 0.3) is 0 Å². The van der Waals surface area contributed by atoms with E-state index in [2.05, 4.69) is 48.5 Å². The van der Waals surface area contributed by atoms with Gasteiger partial charge in [0.15, 0.2) is 0 Å². The summed E-state index contributed by atoms with van der Waals surface area (Å²) in [4.78, 5) is 0. The molecule has 0 aromatic heterocycles. The van der Waals surface area contributed by atoms with Crippen molar-refractivity contribution in [3.8, 4) is 0 Å². The van der Waals surface area contributed by atoms with E-state index in [1.54, 1.807) is 0 Å². The summed E-state index contributed by atoms with van der Waals surface area (Å²) in [5.74, 6) is 2.58. The molecule has 0 bridgehead atoms. The van der Waals surface area contributed by atoms with Crippen molar-refractivity contribution in [1.29, 1.82) is 0 Å². The van der Waals surface area contributed by atoms with Crippen LogP contribution in [-0.4, -0.2) is 0 Å². The molecular formula is C17H36. The van der Waals surface area contributed by atoms with E-state index in [-0.39, 0.29) is 0 Å². The standard InChI is InChI=1S/C17H36/c1-8-12-13-17(10-3,11-4)16(7)15(6)14(5)9-2/h14-16H,8-13H2,1-7H3. The van der Waals surface area contributed by atoms with Gasteiger partial charge in [0, 0.05) is 0 Å². The molecule has 0 fully saturated rings. The van der Waals surface area contributed by atoms with Crippen LogP contribution in [0.5, 0.6) is 0 Å². The number of rotatable bonds is 9. The largest absolute Gasteiger partial charge is 0.0654 e. The molecule has 0 aromatic rings. The minimum Gasteiger partial charge on any atom is -0.0654 e. The van der Waals surface area contributed by atoms with Gasteiger partial charge in [-0.3, -0.25) is 0 Å². The molecule has 0 rings (SSSR count). The van der Waals surface area contributed by atoms with Crippen LogP contribution < -0.4 is 0 Å². The van der Waals surface area contributed by atoms with E-state index in [1.165, 1.54) is 38.5 Å². The Hall–Kier alpha value is 0. The summed E-state index contributed by atoms with van der Waals surface area (Å²) in [5, 5.41) is 0. The molecule has 0 radical (unpaired) electrons. The third-order valence-corrected chi connectivity index (χ3v) is 5.73. The highest BCUT2D eigenvalue weighted by atomic mass is 14.4. The quantitative estimate of drug-likeness (QED) is 0.443. The molecule has 3 atom stereocenters. The van der Waals surface area contributed by atoms with Gasteiger partial charge in [-0.15, -0.1) is 0 Å². The third-order valence-electron chi connectivity index (χ3n) is 5.73. The van der Waals surface area contributed by atoms with Gasteiger partial charge in [-0.05, 0) is 29.6 Å². The van der Waals surface area contributed by atoms with Crippen LogP contribution in [0.4, 0.5) is 0 Å².